The summed E-state index contributed by atoms with van der Waals surface area (Å²) in [6, 6.07) is 10.4. The fourth-order valence-corrected chi connectivity index (χ4v) is 3.89. The van der Waals surface area contributed by atoms with E-state index in [9.17, 15) is 9.59 Å². The van der Waals surface area contributed by atoms with Crippen molar-refractivity contribution < 1.29 is 9.59 Å². The van der Waals surface area contributed by atoms with E-state index in [0.29, 0.717) is 40.2 Å². The molecular formula is C23H14N8O2. The van der Waals surface area contributed by atoms with Gasteiger partial charge in [-0.15, -0.1) is 0 Å². The molecule has 0 saturated carbocycles. The summed E-state index contributed by atoms with van der Waals surface area (Å²) in [5.41, 5.74) is 5.50. The van der Waals surface area contributed by atoms with Gasteiger partial charge in [0.1, 0.15) is 12.2 Å². The molecule has 0 radical (unpaired) electrons. The molecule has 0 spiro atoms. The van der Waals surface area contributed by atoms with Crippen LogP contribution in [-0.4, -0.2) is 32.0 Å². The molecule has 10 heteroatoms. The van der Waals surface area contributed by atoms with Crippen LogP contribution >= 0.6 is 0 Å². The van der Waals surface area contributed by atoms with Crippen LogP contribution in [-0.2, 0) is 16.0 Å². The predicted octanol–water partition coefficient (Wildman–Crippen LogP) is 3.72. The minimum absolute atomic E-state index is 0.00660. The highest BCUT2D eigenvalue weighted by Crippen LogP contribution is 2.40. The van der Waals surface area contributed by atoms with E-state index < -0.39 is 5.92 Å². The first-order chi connectivity index (χ1) is 16.1. The quantitative estimate of drug-likeness (QED) is 0.394. The van der Waals surface area contributed by atoms with Gasteiger partial charge in [-0.3, -0.25) is 14.7 Å². The molecule has 4 aromatic rings. The van der Waals surface area contributed by atoms with E-state index in [0.717, 1.165) is 16.8 Å². The molecule has 0 bridgehead atoms. The van der Waals surface area contributed by atoms with Gasteiger partial charge in [-0.25, -0.2) is 19.7 Å². The average Bonchev–Trinajstić information content (AvgIpc) is 3.53. The maximum absolute atomic E-state index is 12.3. The van der Waals surface area contributed by atoms with Crippen LogP contribution in [0.25, 0.3) is 20.7 Å². The molecule has 1 unspecified atom stereocenters. The molecule has 2 aliphatic rings. The van der Waals surface area contributed by atoms with Crippen LogP contribution in [0, 0.1) is 13.1 Å². The highest BCUT2D eigenvalue weighted by molar-refractivity contribution is 6.06. The Morgan fingerprint density at radius 3 is 2.48 bits per heavy atom. The van der Waals surface area contributed by atoms with Gasteiger partial charge in [0, 0.05) is 11.4 Å². The Balaban J connectivity index is 0.000000162. The van der Waals surface area contributed by atoms with Crippen LogP contribution in [0.3, 0.4) is 0 Å². The van der Waals surface area contributed by atoms with Crippen LogP contribution in [0.4, 0.5) is 22.7 Å². The maximum Gasteiger partial charge on any atom is 0.238 e. The number of hydrogen-bond acceptors (Lipinski definition) is 5. The molecule has 0 fully saturated rings. The van der Waals surface area contributed by atoms with Gasteiger partial charge in [0.2, 0.25) is 11.8 Å². The van der Waals surface area contributed by atoms with E-state index in [2.05, 4.69) is 40.5 Å². The second-order valence-electron chi connectivity index (χ2n) is 7.38. The summed E-state index contributed by atoms with van der Waals surface area (Å²) in [5.74, 6) is -0.703. The smallest absolute Gasteiger partial charge is 0.238 e. The zero-order valence-electron chi connectivity index (χ0n) is 17.0. The van der Waals surface area contributed by atoms with E-state index in [4.69, 9.17) is 13.1 Å². The van der Waals surface area contributed by atoms with E-state index in [1.54, 1.807) is 42.6 Å². The first-order valence-electron chi connectivity index (χ1n) is 9.84. The summed E-state index contributed by atoms with van der Waals surface area (Å²) in [6.45, 7) is 13.9. The number of nitrogens with zero attached hydrogens (tertiary/aromatic N) is 5. The average molecular weight is 434 g/mol. The lowest BCUT2D eigenvalue weighted by Gasteiger charge is -2.09. The van der Waals surface area contributed by atoms with Gasteiger partial charge in [-0.05, 0) is 23.3 Å². The molecule has 4 heterocycles. The predicted molar refractivity (Wildman–Crippen MR) is 120 cm³/mol. The third-order valence-electron chi connectivity index (χ3n) is 5.39. The number of hydrogen-bond donors (Lipinski definition) is 3. The highest BCUT2D eigenvalue weighted by Gasteiger charge is 2.34. The number of aromatic amines is 1. The van der Waals surface area contributed by atoms with E-state index in [-0.39, 0.29) is 11.8 Å². The number of nitrogens with one attached hydrogen (secondary N) is 3. The topological polar surface area (TPSA) is 121 Å². The van der Waals surface area contributed by atoms with Crippen molar-refractivity contribution in [1.29, 1.82) is 0 Å². The Kier molecular flexibility index (Phi) is 4.73. The molecule has 2 aliphatic heterocycles. The summed E-state index contributed by atoms with van der Waals surface area (Å²) in [5, 5.41) is 12.9. The standard InChI is InChI=1S/C14H8N6O.C9H6N2O/c1-15-7-2-3-10-8(4-7)11(14(21)19-10)12-9-5-18-20-13(9)17-6-16-12;1-10-7-2-3-8-6(4-7)5-9(12)11-8/h2-6,11H,(H,19,21)(H,16,17,18,20);2-4H,5H2,(H,11,12). The molecule has 6 rings (SSSR count). The SMILES string of the molecule is [C-]#[N+]c1ccc2c(c1)C(c1ncnc3[nH]ncc13)C(=O)N2.[C-]#[N+]c1ccc2c(c1)CC(=O)N2. The molecule has 0 aliphatic carbocycles. The van der Waals surface area contributed by atoms with Crippen molar-refractivity contribution in [3.8, 4) is 0 Å². The Bertz CT molecular complexity index is 1530. The maximum atomic E-state index is 12.3. The first-order valence-corrected chi connectivity index (χ1v) is 9.84. The van der Waals surface area contributed by atoms with Crippen LogP contribution in [0.1, 0.15) is 22.7 Å². The molecule has 2 aromatic carbocycles. The van der Waals surface area contributed by atoms with Gasteiger partial charge in [-0.1, -0.05) is 24.3 Å². The van der Waals surface area contributed by atoms with Crippen LogP contribution < -0.4 is 10.6 Å². The van der Waals surface area contributed by atoms with Crippen molar-refractivity contribution in [3.05, 3.63) is 88.6 Å². The lowest BCUT2D eigenvalue weighted by Crippen LogP contribution is -2.14. The monoisotopic (exact) mass is 434 g/mol. The largest absolute Gasteiger partial charge is 0.326 e. The number of benzene rings is 2. The normalized spacial score (nSPS) is 15.4. The van der Waals surface area contributed by atoms with Crippen molar-refractivity contribution in [1.82, 2.24) is 20.2 Å². The lowest BCUT2D eigenvalue weighted by molar-refractivity contribution is -0.116. The fourth-order valence-electron chi connectivity index (χ4n) is 3.89. The van der Waals surface area contributed by atoms with Gasteiger partial charge >= 0.3 is 0 Å². The second-order valence-corrected chi connectivity index (χ2v) is 7.38. The molecule has 10 nitrogen and oxygen atoms in total. The van der Waals surface area contributed by atoms with Gasteiger partial charge in [0.25, 0.3) is 0 Å². The van der Waals surface area contributed by atoms with E-state index >= 15 is 0 Å². The molecular weight excluding hydrogens is 420 g/mol. The third-order valence-corrected chi connectivity index (χ3v) is 5.39. The van der Waals surface area contributed by atoms with Gasteiger partial charge in [0.05, 0.1) is 36.8 Å². The van der Waals surface area contributed by atoms with Crippen molar-refractivity contribution in [3.63, 3.8) is 0 Å². The highest BCUT2D eigenvalue weighted by atomic mass is 16.2. The number of aromatic nitrogens is 4. The van der Waals surface area contributed by atoms with Gasteiger partial charge < -0.3 is 10.6 Å². The molecule has 2 aromatic heterocycles. The zero-order chi connectivity index (χ0) is 22.9. The Labute approximate surface area is 187 Å². The Hall–Kier alpha value is -5.09. The molecule has 2 amide bonds. The molecule has 0 saturated heterocycles. The minimum Gasteiger partial charge on any atom is -0.326 e. The molecule has 1 atom stereocenters. The number of carbonyl (C=O) groups is 2. The van der Waals surface area contributed by atoms with Crippen LogP contribution in [0.2, 0.25) is 0 Å². The van der Waals surface area contributed by atoms with Crippen LogP contribution in [0.15, 0.2) is 48.9 Å². The number of H-pyrrole nitrogens is 1. The van der Waals surface area contributed by atoms with Crippen molar-refractivity contribution in [2.24, 2.45) is 0 Å². The Morgan fingerprint density at radius 2 is 1.70 bits per heavy atom. The summed E-state index contributed by atoms with van der Waals surface area (Å²) in [6.07, 6.45) is 3.41. The first kappa shape index (κ1) is 19.8. The molecule has 3 N–H and O–H groups in total. The van der Waals surface area contributed by atoms with E-state index in [1.165, 1.54) is 6.33 Å². The minimum atomic E-state index is -0.551. The van der Waals surface area contributed by atoms with E-state index in [1.807, 2.05) is 0 Å². The van der Waals surface area contributed by atoms with Crippen molar-refractivity contribution in [2.45, 2.75) is 12.3 Å². The number of amides is 2. The summed E-state index contributed by atoms with van der Waals surface area (Å²) < 4.78 is 0. The van der Waals surface area contributed by atoms with Crippen molar-refractivity contribution >= 4 is 45.6 Å². The van der Waals surface area contributed by atoms with Gasteiger partial charge in [-0.2, -0.15) is 5.10 Å². The second kappa shape index (κ2) is 7.87. The molecule has 158 valence electrons. The zero-order valence-corrected chi connectivity index (χ0v) is 17.0. The lowest BCUT2D eigenvalue weighted by atomic mass is 9.95. The summed E-state index contributed by atoms with van der Waals surface area (Å²) in [7, 11) is 0. The number of fused-ring (bicyclic) bond motifs is 3. The molecule has 33 heavy (non-hydrogen) atoms. The number of anilines is 2. The number of carbonyl (C=O) groups excluding carboxylic acids is 2. The van der Waals surface area contributed by atoms with Crippen molar-refractivity contribution in [2.75, 3.05) is 10.6 Å². The van der Waals surface area contributed by atoms with Crippen LogP contribution in [0.5, 0.6) is 0 Å². The number of rotatable bonds is 1. The fraction of sp³-hybridized carbons (Fsp3) is 0.0870. The summed E-state index contributed by atoms with van der Waals surface area (Å²) >= 11 is 0. The third kappa shape index (κ3) is 3.52. The Morgan fingerprint density at radius 1 is 0.939 bits per heavy atom. The summed E-state index contributed by atoms with van der Waals surface area (Å²) in [4.78, 5) is 38.3. The van der Waals surface area contributed by atoms with Gasteiger partial charge in [0.15, 0.2) is 17.0 Å².